The number of hydrogen-bond acceptors (Lipinski definition) is 4. The fourth-order valence-corrected chi connectivity index (χ4v) is 2.72. The molecule has 1 aromatic rings. The van der Waals surface area contributed by atoms with Crippen molar-refractivity contribution in [1.29, 1.82) is 0 Å². The van der Waals surface area contributed by atoms with Gasteiger partial charge in [0, 0.05) is 52.0 Å². The number of rotatable bonds is 7. The van der Waals surface area contributed by atoms with E-state index in [0.717, 1.165) is 44.1 Å². The first-order valence-electron chi connectivity index (χ1n) is 8.29. The Morgan fingerprint density at radius 2 is 2.35 bits per heavy atom. The van der Waals surface area contributed by atoms with Crippen LogP contribution in [0.3, 0.4) is 0 Å². The van der Waals surface area contributed by atoms with Crippen LogP contribution in [0.15, 0.2) is 23.3 Å². The third-order valence-electron chi connectivity index (χ3n) is 3.90. The molecule has 1 fully saturated rings. The van der Waals surface area contributed by atoms with Gasteiger partial charge in [0.05, 0.1) is 13.2 Å². The zero-order valence-electron chi connectivity index (χ0n) is 14.4. The van der Waals surface area contributed by atoms with Gasteiger partial charge in [0.2, 0.25) is 5.88 Å². The molecule has 128 valence electrons. The van der Waals surface area contributed by atoms with Crippen LogP contribution in [0.25, 0.3) is 0 Å². The zero-order chi connectivity index (χ0) is 16.5. The minimum atomic E-state index is 0.593. The molecule has 6 nitrogen and oxygen atoms in total. The molecule has 0 aliphatic carbocycles. The van der Waals surface area contributed by atoms with Gasteiger partial charge in [-0.2, -0.15) is 0 Å². The van der Waals surface area contributed by atoms with E-state index in [4.69, 9.17) is 9.47 Å². The number of likely N-dealkylation sites (tertiary alicyclic amines) is 1. The molecule has 23 heavy (non-hydrogen) atoms. The lowest BCUT2D eigenvalue weighted by Gasteiger charge is -2.21. The van der Waals surface area contributed by atoms with Crippen LogP contribution in [0, 0.1) is 5.92 Å². The second-order valence-electron chi connectivity index (χ2n) is 5.81. The van der Waals surface area contributed by atoms with Gasteiger partial charge in [-0.1, -0.05) is 13.0 Å². The highest BCUT2D eigenvalue weighted by atomic mass is 16.5. The molecule has 0 bridgehead atoms. The van der Waals surface area contributed by atoms with E-state index in [1.807, 2.05) is 25.4 Å². The molecule has 2 rings (SSSR count). The highest BCUT2D eigenvalue weighted by Gasteiger charge is 2.24. The minimum Gasteiger partial charge on any atom is -0.478 e. The number of methoxy groups -OCH3 is 1. The molecule has 0 spiro atoms. The Balaban J connectivity index is 1.81. The van der Waals surface area contributed by atoms with Crippen LogP contribution in [-0.2, 0) is 11.3 Å². The number of hydrogen-bond donors (Lipinski definition) is 1. The van der Waals surface area contributed by atoms with Gasteiger partial charge in [0.1, 0.15) is 0 Å². The lowest BCUT2D eigenvalue weighted by atomic mass is 10.1. The molecule has 6 heteroatoms. The Morgan fingerprint density at radius 3 is 3.00 bits per heavy atom. The number of aliphatic imine (C=N–C) groups is 1. The maximum Gasteiger partial charge on any atom is 0.213 e. The smallest absolute Gasteiger partial charge is 0.213 e. The molecule has 1 saturated heterocycles. The van der Waals surface area contributed by atoms with E-state index < -0.39 is 0 Å². The van der Waals surface area contributed by atoms with Gasteiger partial charge in [-0.05, 0) is 18.4 Å². The first-order chi connectivity index (χ1) is 11.3. The van der Waals surface area contributed by atoms with Crippen LogP contribution in [0.4, 0.5) is 0 Å². The predicted molar refractivity (Wildman–Crippen MR) is 91.8 cm³/mol. The van der Waals surface area contributed by atoms with Gasteiger partial charge in [0.25, 0.3) is 0 Å². The molecule has 1 aromatic heterocycles. The van der Waals surface area contributed by atoms with Crippen molar-refractivity contribution in [3.8, 4) is 5.88 Å². The number of guanidine groups is 1. The van der Waals surface area contributed by atoms with Crippen LogP contribution in [0.5, 0.6) is 5.88 Å². The summed E-state index contributed by atoms with van der Waals surface area (Å²) in [6.07, 6.45) is 3.99. The number of nitrogens with zero attached hydrogens (tertiary/aromatic N) is 3. The molecule has 1 N–H and O–H groups in total. The topological polar surface area (TPSA) is 59.0 Å². The largest absolute Gasteiger partial charge is 0.478 e. The lowest BCUT2D eigenvalue weighted by molar-refractivity contribution is 0.157. The van der Waals surface area contributed by atoms with Gasteiger partial charge in [0.15, 0.2) is 5.96 Å². The van der Waals surface area contributed by atoms with Gasteiger partial charge >= 0.3 is 0 Å². The van der Waals surface area contributed by atoms with Gasteiger partial charge in [-0.3, -0.25) is 4.99 Å². The van der Waals surface area contributed by atoms with Crippen molar-refractivity contribution < 1.29 is 9.47 Å². The van der Waals surface area contributed by atoms with Crippen LogP contribution in [0.2, 0.25) is 0 Å². The number of aromatic nitrogens is 1. The average Bonchev–Trinajstić information content (AvgIpc) is 3.03. The van der Waals surface area contributed by atoms with Crippen LogP contribution in [-0.4, -0.2) is 56.3 Å². The average molecular weight is 320 g/mol. The Kier molecular flexibility index (Phi) is 7.13. The summed E-state index contributed by atoms with van der Waals surface area (Å²) in [6, 6.07) is 3.95. The molecule has 0 aromatic carbocycles. The lowest BCUT2D eigenvalue weighted by Crippen LogP contribution is -2.39. The van der Waals surface area contributed by atoms with Crippen molar-refractivity contribution in [1.82, 2.24) is 15.2 Å². The number of ether oxygens (including phenoxy) is 2. The Labute approximate surface area is 138 Å². The summed E-state index contributed by atoms with van der Waals surface area (Å²) >= 11 is 0. The fraction of sp³-hybridized carbons (Fsp3) is 0.647. The third-order valence-corrected chi connectivity index (χ3v) is 3.90. The molecule has 2 heterocycles. The monoisotopic (exact) mass is 320 g/mol. The quantitative estimate of drug-likeness (QED) is 0.614. The van der Waals surface area contributed by atoms with Crippen molar-refractivity contribution in [2.24, 2.45) is 10.9 Å². The van der Waals surface area contributed by atoms with Crippen molar-refractivity contribution in [3.05, 3.63) is 23.9 Å². The molecule has 1 unspecified atom stereocenters. The summed E-state index contributed by atoms with van der Waals surface area (Å²) in [5.41, 5.74) is 1.11. The van der Waals surface area contributed by atoms with E-state index >= 15 is 0 Å². The van der Waals surface area contributed by atoms with Crippen molar-refractivity contribution in [3.63, 3.8) is 0 Å². The van der Waals surface area contributed by atoms with Crippen molar-refractivity contribution in [2.45, 2.75) is 26.3 Å². The number of pyridine rings is 1. The number of nitrogens with one attached hydrogen (secondary N) is 1. The van der Waals surface area contributed by atoms with Gasteiger partial charge in [-0.15, -0.1) is 0 Å². The van der Waals surface area contributed by atoms with E-state index in [0.29, 0.717) is 24.9 Å². The predicted octanol–water partition coefficient (Wildman–Crippen LogP) is 1.91. The first kappa shape index (κ1) is 17.5. The summed E-state index contributed by atoms with van der Waals surface area (Å²) in [5.74, 6) is 2.21. The molecule has 1 aliphatic rings. The summed E-state index contributed by atoms with van der Waals surface area (Å²) in [6.45, 7) is 6.33. The Hall–Kier alpha value is -1.82. The maximum atomic E-state index is 5.50. The van der Waals surface area contributed by atoms with Gasteiger partial charge in [-0.25, -0.2) is 4.98 Å². The molecule has 1 atom stereocenters. The third kappa shape index (κ3) is 5.39. The normalized spacial score (nSPS) is 18.3. The zero-order valence-corrected chi connectivity index (χ0v) is 14.4. The summed E-state index contributed by atoms with van der Waals surface area (Å²) < 4.78 is 10.7. The molecular formula is C17H28N4O2. The Morgan fingerprint density at radius 1 is 1.48 bits per heavy atom. The van der Waals surface area contributed by atoms with Crippen molar-refractivity contribution >= 4 is 5.96 Å². The SMILES string of the molecule is CCCOc1ccc(CNC(=NC)N2CCC(COC)C2)cn1. The molecule has 0 amide bonds. The van der Waals surface area contributed by atoms with E-state index in [9.17, 15) is 0 Å². The van der Waals surface area contributed by atoms with Crippen molar-refractivity contribution in [2.75, 3.05) is 40.5 Å². The van der Waals surface area contributed by atoms with Gasteiger partial charge < -0.3 is 19.7 Å². The molecule has 1 aliphatic heterocycles. The standard InChI is InChI=1S/C17H28N4O2/c1-4-9-23-16-6-5-14(10-19-16)11-20-17(18-2)21-8-7-15(12-21)13-22-3/h5-6,10,15H,4,7-9,11-13H2,1-3H3,(H,18,20). The van der Waals surface area contributed by atoms with Crippen LogP contribution in [0.1, 0.15) is 25.3 Å². The summed E-state index contributed by atoms with van der Waals surface area (Å²) in [4.78, 5) is 11.0. The van der Waals surface area contributed by atoms with E-state index in [2.05, 4.69) is 27.1 Å². The molecule has 0 radical (unpaired) electrons. The summed E-state index contributed by atoms with van der Waals surface area (Å²) in [5, 5.41) is 3.41. The molecular weight excluding hydrogens is 292 g/mol. The van der Waals surface area contributed by atoms with Crippen LogP contribution < -0.4 is 10.1 Å². The van der Waals surface area contributed by atoms with E-state index in [1.165, 1.54) is 0 Å². The second kappa shape index (κ2) is 9.35. The van der Waals surface area contributed by atoms with Crippen LogP contribution >= 0.6 is 0 Å². The Bertz CT molecular complexity index is 490. The van der Waals surface area contributed by atoms with E-state index in [1.54, 1.807) is 7.11 Å². The highest BCUT2D eigenvalue weighted by Crippen LogP contribution is 2.16. The second-order valence-corrected chi connectivity index (χ2v) is 5.81. The highest BCUT2D eigenvalue weighted by molar-refractivity contribution is 5.80. The van der Waals surface area contributed by atoms with E-state index in [-0.39, 0.29) is 0 Å². The maximum absolute atomic E-state index is 5.50. The summed E-state index contributed by atoms with van der Waals surface area (Å²) in [7, 11) is 3.59. The fourth-order valence-electron chi connectivity index (χ4n) is 2.72. The first-order valence-corrected chi connectivity index (χ1v) is 8.29. The molecule has 0 saturated carbocycles. The minimum absolute atomic E-state index is 0.593.